The Bertz CT molecular complexity index is 538. The third-order valence-corrected chi connectivity index (χ3v) is 3.22. The summed E-state index contributed by atoms with van der Waals surface area (Å²) in [7, 11) is 1.65. The molecule has 0 unspecified atom stereocenters. The van der Waals surface area contributed by atoms with Crippen molar-refractivity contribution in [1.29, 1.82) is 0 Å². The molecule has 0 amide bonds. The van der Waals surface area contributed by atoms with Crippen LogP contribution in [-0.2, 0) is 6.54 Å². The lowest BCUT2D eigenvalue weighted by atomic mass is 10.2. The average Bonchev–Trinajstić information content (AvgIpc) is 3.15. The van der Waals surface area contributed by atoms with Crippen LogP contribution in [0.25, 0.3) is 11.4 Å². The predicted molar refractivity (Wildman–Crippen MR) is 78.0 cm³/mol. The van der Waals surface area contributed by atoms with Gasteiger partial charge in [0.1, 0.15) is 5.75 Å². The van der Waals surface area contributed by atoms with E-state index in [2.05, 4.69) is 15.5 Å². The molecule has 1 N–H and O–H groups in total. The van der Waals surface area contributed by atoms with Gasteiger partial charge in [0.25, 0.3) is 0 Å². The van der Waals surface area contributed by atoms with E-state index in [4.69, 9.17) is 9.26 Å². The number of halogens is 1. The molecule has 2 aromatic rings. The fraction of sp³-hybridized carbons (Fsp3) is 0.429. The van der Waals surface area contributed by atoms with Crippen molar-refractivity contribution in [3.63, 3.8) is 0 Å². The lowest BCUT2D eigenvalue weighted by Gasteiger charge is -1.99. The second-order valence-corrected chi connectivity index (χ2v) is 4.81. The van der Waals surface area contributed by atoms with Gasteiger partial charge in [-0.25, -0.2) is 0 Å². The number of methoxy groups -OCH3 is 1. The maximum absolute atomic E-state index is 5.22. The third kappa shape index (κ3) is 3.71. The summed E-state index contributed by atoms with van der Waals surface area (Å²) in [6, 6.07) is 7.61. The fourth-order valence-electron chi connectivity index (χ4n) is 1.89. The lowest BCUT2D eigenvalue weighted by molar-refractivity contribution is 0.367. The van der Waals surface area contributed by atoms with E-state index in [1.165, 1.54) is 12.8 Å². The van der Waals surface area contributed by atoms with E-state index in [0.717, 1.165) is 23.8 Å². The molecule has 3 rings (SSSR count). The number of benzene rings is 1. The SMILES string of the molecule is COc1ccc(-c2noc(CNCC3CC3)n2)cc1.Cl. The number of ether oxygens (including phenoxy) is 1. The van der Waals surface area contributed by atoms with Gasteiger partial charge in [-0.3, -0.25) is 0 Å². The Balaban J connectivity index is 0.00000147. The van der Waals surface area contributed by atoms with Gasteiger partial charge in [-0.05, 0) is 49.6 Å². The minimum absolute atomic E-state index is 0. The van der Waals surface area contributed by atoms with Crippen LogP contribution in [0.15, 0.2) is 28.8 Å². The molecule has 0 bridgehead atoms. The van der Waals surface area contributed by atoms with E-state index in [-0.39, 0.29) is 12.4 Å². The van der Waals surface area contributed by atoms with Gasteiger partial charge in [0.2, 0.25) is 11.7 Å². The summed E-state index contributed by atoms with van der Waals surface area (Å²) in [5.74, 6) is 2.92. The van der Waals surface area contributed by atoms with Crippen LogP contribution in [0.5, 0.6) is 5.75 Å². The molecule has 1 heterocycles. The predicted octanol–water partition coefficient (Wildman–Crippen LogP) is 2.67. The molecular weight excluding hydrogens is 278 g/mol. The van der Waals surface area contributed by atoms with Gasteiger partial charge in [-0.1, -0.05) is 5.16 Å². The summed E-state index contributed by atoms with van der Waals surface area (Å²) in [6.07, 6.45) is 2.68. The van der Waals surface area contributed by atoms with Crippen LogP contribution in [0.3, 0.4) is 0 Å². The van der Waals surface area contributed by atoms with E-state index in [1.54, 1.807) is 7.11 Å². The molecular formula is C14H18ClN3O2. The van der Waals surface area contributed by atoms with Crippen LogP contribution in [0.1, 0.15) is 18.7 Å². The van der Waals surface area contributed by atoms with Gasteiger partial charge in [-0.2, -0.15) is 4.98 Å². The molecule has 1 fully saturated rings. The maximum Gasteiger partial charge on any atom is 0.240 e. The molecule has 0 spiro atoms. The molecule has 1 aliphatic carbocycles. The van der Waals surface area contributed by atoms with Gasteiger partial charge in [0.15, 0.2) is 0 Å². The zero-order valence-corrected chi connectivity index (χ0v) is 12.2. The van der Waals surface area contributed by atoms with Crippen LogP contribution in [0.2, 0.25) is 0 Å². The summed E-state index contributed by atoms with van der Waals surface area (Å²) >= 11 is 0. The van der Waals surface area contributed by atoms with Crippen molar-refractivity contribution < 1.29 is 9.26 Å². The minimum Gasteiger partial charge on any atom is -0.497 e. The maximum atomic E-state index is 5.22. The Kier molecular flexibility index (Phi) is 4.98. The zero-order valence-electron chi connectivity index (χ0n) is 11.3. The quantitative estimate of drug-likeness (QED) is 0.888. The third-order valence-electron chi connectivity index (χ3n) is 3.22. The van der Waals surface area contributed by atoms with Crippen molar-refractivity contribution in [2.24, 2.45) is 5.92 Å². The number of nitrogens with zero attached hydrogens (tertiary/aromatic N) is 2. The first kappa shape index (κ1) is 14.8. The summed E-state index contributed by atoms with van der Waals surface area (Å²) in [5.41, 5.74) is 0.929. The molecule has 20 heavy (non-hydrogen) atoms. The summed E-state index contributed by atoms with van der Waals surface area (Å²) in [4.78, 5) is 4.37. The van der Waals surface area contributed by atoms with Crippen molar-refractivity contribution in [3.8, 4) is 17.1 Å². The van der Waals surface area contributed by atoms with Crippen molar-refractivity contribution in [2.75, 3.05) is 13.7 Å². The monoisotopic (exact) mass is 295 g/mol. The molecule has 0 radical (unpaired) electrons. The van der Waals surface area contributed by atoms with E-state index in [9.17, 15) is 0 Å². The van der Waals surface area contributed by atoms with Gasteiger partial charge < -0.3 is 14.6 Å². The highest BCUT2D eigenvalue weighted by Gasteiger charge is 2.20. The highest BCUT2D eigenvalue weighted by atomic mass is 35.5. The highest BCUT2D eigenvalue weighted by Crippen LogP contribution is 2.27. The van der Waals surface area contributed by atoms with Gasteiger partial charge in [0, 0.05) is 5.56 Å². The Labute approximate surface area is 124 Å². The largest absolute Gasteiger partial charge is 0.497 e. The number of rotatable bonds is 6. The Morgan fingerprint density at radius 1 is 1.30 bits per heavy atom. The molecule has 1 aromatic heterocycles. The highest BCUT2D eigenvalue weighted by molar-refractivity contribution is 5.85. The second kappa shape index (κ2) is 6.72. The van der Waals surface area contributed by atoms with Crippen LogP contribution >= 0.6 is 12.4 Å². The van der Waals surface area contributed by atoms with Crippen LogP contribution in [0, 0.1) is 5.92 Å². The Morgan fingerprint density at radius 3 is 2.70 bits per heavy atom. The van der Waals surface area contributed by atoms with Crippen LogP contribution in [0.4, 0.5) is 0 Å². The normalized spacial score (nSPS) is 13.8. The van der Waals surface area contributed by atoms with Gasteiger partial charge in [0.05, 0.1) is 13.7 Å². The number of hydrogen-bond acceptors (Lipinski definition) is 5. The summed E-state index contributed by atoms with van der Waals surface area (Å²) < 4.78 is 10.3. The first-order valence-corrected chi connectivity index (χ1v) is 6.53. The smallest absolute Gasteiger partial charge is 0.240 e. The molecule has 6 heteroatoms. The number of aromatic nitrogens is 2. The topological polar surface area (TPSA) is 60.2 Å². The second-order valence-electron chi connectivity index (χ2n) is 4.81. The fourth-order valence-corrected chi connectivity index (χ4v) is 1.89. The number of nitrogens with one attached hydrogen (secondary N) is 1. The van der Waals surface area contributed by atoms with E-state index in [1.807, 2.05) is 24.3 Å². The van der Waals surface area contributed by atoms with Crippen molar-refractivity contribution >= 4 is 12.4 Å². The van der Waals surface area contributed by atoms with Gasteiger partial charge >= 0.3 is 0 Å². The van der Waals surface area contributed by atoms with Crippen LogP contribution in [-0.4, -0.2) is 23.8 Å². The molecule has 108 valence electrons. The zero-order chi connectivity index (χ0) is 13.1. The van der Waals surface area contributed by atoms with E-state index >= 15 is 0 Å². The minimum atomic E-state index is 0. The lowest BCUT2D eigenvalue weighted by Crippen LogP contribution is -2.16. The molecule has 1 saturated carbocycles. The molecule has 1 aliphatic rings. The first-order chi connectivity index (χ1) is 9.35. The molecule has 0 atom stereocenters. The molecule has 0 saturated heterocycles. The van der Waals surface area contributed by atoms with E-state index < -0.39 is 0 Å². The van der Waals surface area contributed by atoms with Crippen molar-refractivity contribution in [2.45, 2.75) is 19.4 Å². The first-order valence-electron chi connectivity index (χ1n) is 6.53. The molecule has 5 nitrogen and oxygen atoms in total. The van der Waals surface area contributed by atoms with Crippen LogP contribution < -0.4 is 10.1 Å². The summed E-state index contributed by atoms with van der Waals surface area (Å²) in [5, 5.41) is 7.32. The average molecular weight is 296 g/mol. The molecule has 1 aromatic carbocycles. The van der Waals surface area contributed by atoms with E-state index in [0.29, 0.717) is 18.3 Å². The standard InChI is InChI=1S/C14H17N3O2.ClH/c1-18-12-6-4-11(5-7-12)14-16-13(19-17-14)9-15-8-10-2-3-10;/h4-7,10,15H,2-3,8-9H2,1H3;1H. The number of hydrogen-bond donors (Lipinski definition) is 1. The summed E-state index contributed by atoms with van der Waals surface area (Å²) in [6.45, 7) is 1.68. The Morgan fingerprint density at radius 2 is 2.05 bits per heavy atom. The van der Waals surface area contributed by atoms with Crippen molar-refractivity contribution in [3.05, 3.63) is 30.2 Å². The van der Waals surface area contributed by atoms with Gasteiger partial charge in [-0.15, -0.1) is 12.4 Å². The molecule has 0 aliphatic heterocycles. The van der Waals surface area contributed by atoms with Crippen molar-refractivity contribution in [1.82, 2.24) is 15.5 Å². The Hall–Kier alpha value is -1.59.